The molecule has 0 spiro atoms. The van der Waals surface area contributed by atoms with Crippen molar-refractivity contribution in [1.29, 1.82) is 0 Å². The molecule has 3 rings (SSSR count). The Morgan fingerprint density at radius 1 is 1.19 bits per heavy atom. The number of hydrogen-bond donors (Lipinski definition) is 1. The van der Waals surface area contributed by atoms with E-state index in [1.165, 1.54) is 32.4 Å². The summed E-state index contributed by atoms with van der Waals surface area (Å²) in [5.41, 5.74) is 1.01. The standard InChI is InChI=1S/C18H15ClN2O5S/c1-21-15-9-11(18(23)26-2)3-8-14(15)17(22)16(27(21,24)25)10-20-13-6-4-12(19)5-7-13/h3-10,20H,1-2H3/b16-10-. The summed E-state index contributed by atoms with van der Waals surface area (Å²) in [5.74, 6) is -1.29. The molecule has 0 bridgehead atoms. The third kappa shape index (κ3) is 3.41. The van der Waals surface area contributed by atoms with Crippen LogP contribution < -0.4 is 9.62 Å². The molecule has 1 heterocycles. The van der Waals surface area contributed by atoms with Crippen molar-refractivity contribution in [2.45, 2.75) is 0 Å². The Kier molecular flexibility index (Phi) is 4.95. The zero-order chi connectivity index (χ0) is 19.8. The number of Topliss-reactive ketones (excluding diaryl/α,β-unsaturated/α-hetero) is 1. The molecular weight excluding hydrogens is 392 g/mol. The van der Waals surface area contributed by atoms with Crippen LogP contribution in [-0.2, 0) is 14.8 Å². The lowest BCUT2D eigenvalue weighted by atomic mass is 10.0. The second-order valence-electron chi connectivity index (χ2n) is 5.68. The smallest absolute Gasteiger partial charge is 0.337 e. The molecular formula is C18H15ClN2O5S. The monoisotopic (exact) mass is 406 g/mol. The first-order valence-corrected chi connectivity index (χ1v) is 9.56. The highest BCUT2D eigenvalue weighted by Gasteiger charge is 2.38. The van der Waals surface area contributed by atoms with E-state index in [9.17, 15) is 18.0 Å². The van der Waals surface area contributed by atoms with E-state index in [1.807, 2.05) is 0 Å². The minimum atomic E-state index is -4.09. The molecule has 2 aromatic rings. The quantitative estimate of drug-likeness (QED) is 0.622. The Hall–Kier alpha value is -2.84. The van der Waals surface area contributed by atoms with Crippen LogP contribution in [0.5, 0.6) is 0 Å². The van der Waals surface area contributed by atoms with Gasteiger partial charge in [0.05, 0.1) is 18.4 Å². The fourth-order valence-electron chi connectivity index (χ4n) is 2.59. The van der Waals surface area contributed by atoms with Gasteiger partial charge < -0.3 is 10.1 Å². The highest BCUT2D eigenvalue weighted by molar-refractivity contribution is 7.97. The van der Waals surface area contributed by atoms with E-state index in [0.717, 1.165) is 10.5 Å². The third-order valence-electron chi connectivity index (χ3n) is 4.08. The Morgan fingerprint density at radius 2 is 1.85 bits per heavy atom. The molecule has 1 N–H and O–H groups in total. The molecule has 0 aliphatic carbocycles. The zero-order valence-electron chi connectivity index (χ0n) is 14.4. The van der Waals surface area contributed by atoms with Crippen LogP contribution in [0.25, 0.3) is 0 Å². The second-order valence-corrected chi connectivity index (χ2v) is 8.06. The normalized spacial score (nSPS) is 16.8. The van der Waals surface area contributed by atoms with Gasteiger partial charge in [0.25, 0.3) is 10.0 Å². The first-order valence-electron chi connectivity index (χ1n) is 7.74. The lowest BCUT2D eigenvalue weighted by molar-refractivity contribution is 0.0600. The molecule has 0 amide bonds. The lowest BCUT2D eigenvalue weighted by Gasteiger charge is -2.28. The number of carbonyl (C=O) groups excluding carboxylic acids is 2. The highest BCUT2D eigenvalue weighted by Crippen LogP contribution is 2.34. The molecule has 1 aliphatic rings. The molecule has 27 heavy (non-hydrogen) atoms. The number of anilines is 2. The molecule has 0 radical (unpaired) electrons. The van der Waals surface area contributed by atoms with Gasteiger partial charge >= 0.3 is 5.97 Å². The number of allylic oxidation sites excluding steroid dienone is 1. The average Bonchev–Trinajstić information content (AvgIpc) is 2.66. The maximum Gasteiger partial charge on any atom is 0.337 e. The summed E-state index contributed by atoms with van der Waals surface area (Å²) in [4.78, 5) is 24.0. The van der Waals surface area contributed by atoms with Crippen LogP contribution in [0.1, 0.15) is 20.7 Å². The number of halogens is 1. The van der Waals surface area contributed by atoms with E-state index in [1.54, 1.807) is 24.3 Å². The number of ketones is 1. The predicted molar refractivity (Wildman–Crippen MR) is 103 cm³/mol. The van der Waals surface area contributed by atoms with Gasteiger partial charge in [0.15, 0.2) is 4.91 Å². The number of ether oxygens (including phenoxy) is 1. The second kappa shape index (κ2) is 7.05. The van der Waals surface area contributed by atoms with Crippen LogP contribution >= 0.6 is 11.6 Å². The summed E-state index contributed by atoms with van der Waals surface area (Å²) in [6.45, 7) is 0. The summed E-state index contributed by atoms with van der Waals surface area (Å²) in [6, 6.07) is 10.7. The van der Waals surface area contributed by atoms with Crippen molar-refractivity contribution in [3.8, 4) is 0 Å². The van der Waals surface area contributed by atoms with Gasteiger partial charge in [-0.3, -0.25) is 9.10 Å². The van der Waals surface area contributed by atoms with E-state index in [4.69, 9.17) is 11.6 Å². The molecule has 2 aromatic carbocycles. The van der Waals surface area contributed by atoms with Crippen LogP contribution in [0.15, 0.2) is 53.6 Å². The topological polar surface area (TPSA) is 92.8 Å². The minimum Gasteiger partial charge on any atom is -0.465 e. The number of methoxy groups -OCH3 is 1. The Labute approximate surface area is 161 Å². The fourth-order valence-corrected chi connectivity index (χ4v) is 3.97. The van der Waals surface area contributed by atoms with Crippen LogP contribution in [0.4, 0.5) is 11.4 Å². The molecule has 140 valence electrons. The maximum atomic E-state index is 12.8. The third-order valence-corrected chi connectivity index (χ3v) is 6.11. The van der Waals surface area contributed by atoms with Gasteiger partial charge in [0.2, 0.25) is 5.78 Å². The van der Waals surface area contributed by atoms with Crippen LogP contribution in [-0.4, -0.2) is 34.3 Å². The van der Waals surface area contributed by atoms with Gasteiger partial charge in [-0.15, -0.1) is 0 Å². The summed E-state index contributed by atoms with van der Waals surface area (Å²) in [5, 5.41) is 3.33. The largest absolute Gasteiger partial charge is 0.465 e. The minimum absolute atomic E-state index is 0.117. The van der Waals surface area contributed by atoms with Gasteiger partial charge in [-0.2, -0.15) is 0 Å². The van der Waals surface area contributed by atoms with Crippen LogP contribution in [0, 0.1) is 0 Å². The zero-order valence-corrected chi connectivity index (χ0v) is 16.0. The first-order chi connectivity index (χ1) is 12.8. The SMILES string of the molecule is COC(=O)c1ccc2c(c1)N(C)S(=O)(=O)/C(=C\Nc1ccc(Cl)cc1)C2=O. The Morgan fingerprint density at radius 3 is 2.48 bits per heavy atom. The maximum absolute atomic E-state index is 12.8. The van der Waals surface area contributed by atoms with Gasteiger partial charge in [-0.05, 0) is 42.5 Å². The van der Waals surface area contributed by atoms with E-state index in [2.05, 4.69) is 10.1 Å². The number of benzene rings is 2. The molecule has 1 aliphatic heterocycles. The highest BCUT2D eigenvalue weighted by atomic mass is 35.5. The van der Waals surface area contributed by atoms with Crippen molar-refractivity contribution in [3.05, 3.63) is 69.7 Å². The molecule has 9 heteroatoms. The summed E-state index contributed by atoms with van der Waals surface area (Å²) < 4.78 is 31.1. The van der Waals surface area contributed by atoms with Gasteiger partial charge in [0.1, 0.15) is 0 Å². The summed E-state index contributed by atoms with van der Waals surface area (Å²) in [7, 11) is -1.55. The molecule has 0 unspecified atom stereocenters. The van der Waals surface area contributed by atoms with E-state index in [-0.39, 0.29) is 16.8 Å². The summed E-state index contributed by atoms with van der Waals surface area (Å²) in [6.07, 6.45) is 1.15. The number of fused-ring (bicyclic) bond motifs is 1. The van der Waals surface area contributed by atoms with Crippen molar-refractivity contribution >= 4 is 44.8 Å². The number of nitrogens with zero attached hydrogens (tertiary/aromatic N) is 1. The predicted octanol–water partition coefficient (Wildman–Crippen LogP) is 3.04. The molecule has 0 fully saturated rings. The fraction of sp³-hybridized carbons (Fsp3) is 0.111. The number of carbonyl (C=O) groups is 2. The number of hydrogen-bond acceptors (Lipinski definition) is 6. The summed E-state index contributed by atoms with van der Waals surface area (Å²) >= 11 is 5.82. The van der Waals surface area contributed by atoms with Crippen LogP contribution in [0.3, 0.4) is 0 Å². The van der Waals surface area contributed by atoms with Crippen molar-refractivity contribution < 1.29 is 22.7 Å². The number of nitrogens with one attached hydrogen (secondary N) is 1. The Balaban J connectivity index is 2.03. The molecule has 0 aromatic heterocycles. The van der Waals surface area contributed by atoms with Gasteiger partial charge in [-0.1, -0.05) is 11.6 Å². The van der Waals surface area contributed by atoms with Gasteiger partial charge in [0, 0.05) is 29.5 Å². The number of rotatable bonds is 3. The first kappa shape index (κ1) is 18.9. The Bertz CT molecular complexity index is 1060. The number of sulfonamides is 1. The van der Waals surface area contributed by atoms with Crippen LogP contribution in [0.2, 0.25) is 5.02 Å². The molecule has 0 saturated carbocycles. The number of esters is 1. The lowest BCUT2D eigenvalue weighted by Crippen LogP contribution is -2.37. The molecule has 0 atom stereocenters. The van der Waals surface area contributed by atoms with E-state index >= 15 is 0 Å². The average molecular weight is 407 g/mol. The van der Waals surface area contributed by atoms with Crippen molar-refractivity contribution in [2.75, 3.05) is 23.8 Å². The van der Waals surface area contributed by atoms with Crippen molar-refractivity contribution in [1.82, 2.24) is 0 Å². The van der Waals surface area contributed by atoms with Crippen molar-refractivity contribution in [3.63, 3.8) is 0 Å². The van der Waals surface area contributed by atoms with E-state index < -0.39 is 26.7 Å². The van der Waals surface area contributed by atoms with E-state index in [0.29, 0.717) is 10.7 Å². The molecule has 0 saturated heterocycles. The van der Waals surface area contributed by atoms with Crippen molar-refractivity contribution in [2.24, 2.45) is 0 Å². The molecule has 7 nitrogen and oxygen atoms in total. The van der Waals surface area contributed by atoms with Gasteiger partial charge in [-0.25, -0.2) is 13.2 Å².